The Morgan fingerprint density at radius 1 is 0.226 bits per heavy atom. The number of phenolic OH excluding ortho intramolecular Hbond substituents is 8. The zero-order valence-corrected chi connectivity index (χ0v) is 59.5. The molecule has 8 aromatic rings. The molecular weight excluding hydrogens is 1440 g/mol. The van der Waals surface area contributed by atoms with Gasteiger partial charge in [-0.05, 0) is 48.5 Å². The number of carboxylic acid groups (broad SMARTS) is 8. The van der Waals surface area contributed by atoms with E-state index >= 15 is 0 Å². The number of hydrogen-bond donors (Lipinski definition) is 20. The van der Waals surface area contributed by atoms with Gasteiger partial charge in [0.1, 0.15) is 70.2 Å². The van der Waals surface area contributed by atoms with Crippen LogP contribution in [0.2, 0.25) is 0 Å². The summed E-state index contributed by atoms with van der Waals surface area (Å²) in [6.45, 7) is 0.750. The van der Waals surface area contributed by atoms with Gasteiger partial charge in [-0.25, -0.2) is 0 Å². The van der Waals surface area contributed by atoms with Crippen LogP contribution in [-0.4, -0.2) is 161 Å². The molecule has 0 heterocycles. The first kappa shape index (κ1) is 89.3. The molecule has 0 bridgehead atoms. The van der Waals surface area contributed by atoms with Crippen LogP contribution in [0.15, 0.2) is 194 Å². The molecule has 0 saturated carbocycles. The number of rotatable bonds is 36. The number of para-hydroxylation sites is 8. The predicted octanol–water partition coefficient (Wildman–Crippen LogP) is -3.42. The molecule has 557 valence electrons. The number of aromatic hydroxyl groups is 8. The van der Waals surface area contributed by atoms with Gasteiger partial charge in [-0.2, -0.15) is 0 Å². The van der Waals surface area contributed by atoms with Crippen molar-refractivity contribution >= 4 is 47.8 Å². The van der Waals surface area contributed by atoms with Crippen molar-refractivity contribution in [1.82, 2.24) is 42.5 Å². The summed E-state index contributed by atoms with van der Waals surface area (Å²) in [5.74, 6) is -11.7. The normalized spacial score (nSPS) is 12.8. The van der Waals surface area contributed by atoms with E-state index in [2.05, 4.69) is 42.5 Å². The second-order valence-electron chi connectivity index (χ2n) is 22.2. The molecular formula is C72H76FeN8NaO24. The Balaban J connectivity index is 0.000000364. The molecule has 34 heteroatoms. The fourth-order valence-corrected chi connectivity index (χ4v) is 10.2. The molecule has 8 atom stereocenters. The zero-order valence-electron chi connectivity index (χ0n) is 56.4. The van der Waals surface area contributed by atoms with Crippen LogP contribution in [-0.2, 0) is 55.4 Å². The SMILES string of the molecule is O=C([O-])C(NCCNC(C(=O)O)c1ccccc1O)c1ccccc1O.O=C([O-])C(NCCNC(C(=O)O)c1ccccc1O)c1ccccc1O.O=C([O-])C(NCCNC(C(=O)O)c1ccccc1O)c1ccccc1O.O=C([O-])C(NCCNC(C(=O)O)c1ccccc1O)c1ccccc1O.[Fe+3].[Na+]. The molecule has 0 aliphatic heterocycles. The topological polar surface area (TPSA) is 568 Å². The summed E-state index contributed by atoms with van der Waals surface area (Å²) < 4.78 is 0. The average Bonchev–Trinajstić information content (AvgIpc) is 0.880. The van der Waals surface area contributed by atoms with Crippen LogP contribution in [0, 0.1) is 0 Å². The molecule has 0 spiro atoms. The summed E-state index contributed by atoms with van der Waals surface area (Å²) in [5.41, 5.74) is 1.44. The van der Waals surface area contributed by atoms with Gasteiger partial charge >= 0.3 is 70.5 Å². The Morgan fingerprint density at radius 3 is 0.434 bits per heavy atom. The van der Waals surface area contributed by atoms with Crippen molar-refractivity contribution in [3.05, 3.63) is 239 Å². The minimum atomic E-state index is -1.41. The summed E-state index contributed by atoms with van der Waals surface area (Å²) in [6.07, 6.45) is 0. The summed E-state index contributed by atoms with van der Waals surface area (Å²) in [6, 6.07) is 38.6. The van der Waals surface area contributed by atoms with E-state index in [0.29, 0.717) is 0 Å². The number of nitrogens with one attached hydrogen (secondary N) is 8. The molecule has 1 radical (unpaired) electrons. The van der Waals surface area contributed by atoms with Crippen LogP contribution in [0.3, 0.4) is 0 Å². The molecule has 0 saturated heterocycles. The number of benzene rings is 8. The van der Waals surface area contributed by atoms with Crippen molar-refractivity contribution in [2.45, 2.75) is 48.3 Å². The molecule has 8 unspecified atom stereocenters. The van der Waals surface area contributed by atoms with Gasteiger partial charge in [0.05, 0.1) is 48.0 Å². The van der Waals surface area contributed by atoms with E-state index in [9.17, 15) is 120 Å². The predicted molar refractivity (Wildman–Crippen MR) is 361 cm³/mol. The monoisotopic (exact) mass is 1520 g/mol. The van der Waals surface area contributed by atoms with Crippen molar-refractivity contribution in [3.63, 3.8) is 0 Å². The van der Waals surface area contributed by atoms with Crippen molar-refractivity contribution in [1.29, 1.82) is 0 Å². The largest absolute Gasteiger partial charge is 3.00 e. The van der Waals surface area contributed by atoms with Crippen LogP contribution in [0.25, 0.3) is 0 Å². The molecule has 0 aliphatic rings. The fraction of sp³-hybridized carbons (Fsp3) is 0.222. The van der Waals surface area contributed by atoms with Gasteiger partial charge < -0.3 is 122 Å². The first-order chi connectivity index (χ1) is 49.7. The van der Waals surface area contributed by atoms with Crippen LogP contribution < -0.4 is 92.5 Å². The number of phenols is 8. The van der Waals surface area contributed by atoms with Gasteiger partial charge in [0.15, 0.2) is 0 Å². The van der Waals surface area contributed by atoms with Gasteiger partial charge in [0.2, 0.25) is 0 Å². The third-order valence-electron chi connectivity index (χ3n) is 15.2. The summed E-state index contributed by atoms with van der Waals surface area (Å²) in [5, 5.41) is 183. The van der Waals surface area contributed by atoms with Crippen molar-refractivity contribution in [2.75, 3.05) is 52.4 Å². The van der Waals surface area contributed by atoms with Crippen molar-refractivity contribution < 1.29 is 167 Å². The van der Waals surface area contributed by atoms with Gasteiger partial charge in [0, 0.05) is 96.9 Å². The number of hydrogen-bond acceptors (Lipinski definition) is 28. The van der Waals surface area contributed by atoms with E-state index in [1.54, 1.807) is 97.1 Å². The first-order valence-electron chi connectivity index (χ1n) is 31.5. The summed E-state index contributed by atoms with van der Waals surface area (Å²) in [7, 11) is 0. The van der Waals surface area contributed by atoms with Gasteiger partial charge in [-0.3, -0.25) is 40.4 Å². The zero-order chi connectivity index (χ0) is 76.4. The molecule has 106 heavy (non-hydrogen) atoms. The Morgan fingerprint density at radius 2 is 0.330 bits per heavy atom. The first-order valence-corrected chi connectivity index (χ1v) is 31.5. The van der Waals surface area contributed by atoms with Gasteiger partial charge in [0.25, 0.3) is 0 Å². The van der Waals surface area contributed by atoms with Gasteiger partial charge in [-0.1, -0.05) is 146 Å². The maximum Gasteiger partial charge on any atom is 3.00 e. The summed E-state index contributed by atoms with van der Waals surface area (Å²) in [4.78, 5) is 91.0. The van der Waals surface area contributed by atoms with Crippen LogP contribution >= 0.6 is 0 Å². The second kappa shape index (κ2) is 46.1. The number of carbonyl (C=O) groups is 8. The maximum atomic E-state index is 11.4. The smallest absolute Gasteiger partial charge is 0.548 e. The molecule has 8 aromatic carbocycles. The fourth-order valence-electron chi connectivity index (χ4n) is 10.2. The quantitative estimate of drug-likeness (QED) is 0.0134. The molecule has 8 rings (SSSR count). The van der Waals surface area contributed by atoms with Crippen LogP contribution in [0.5, 0.6) is 46.0 Å². The number of carboxylic acids is 8. The van der Waals surface area contributed by atoms with E-state index in [1.807, 2.05) is 0 Å². The number of aliphatic carboxylic acids is 8. The Kier molecular flexibility index (Phi) is 38.8. The minimum absolute atomic E-state index is 0. The Bertz CT molecular complexity index is 3400. The molecule has 0 amide bonds. The Labute approximate surface area is 638 Å². The second-order valence-corrected chi connectivity index (χ2v) is 22.2. The van der Waals surface area contributed by atoms with E-state index in [1.165, 1.54) is 97.1 Å². The third kappa shape index (κ3) is 27.6. The standard InChI is InChI=1S/4C18H20N2O6.Fe.Na/c4*21-13-7-3-1-5-11(13)15(17(23)24)19-9-10-20-16(18(25)26)12-6-2-4-8-14(12)22;;/h4*1-8,15-16,19-22H,9-10H2,(H,23,24)(H,25,26);;/q;;;;+3;+1/p-4. The molecule has 0 aliphatic carbocycles. The third-order valence-corrected chi connectivity index (χ3v) is 15.2. The number of carbonyl (C=O) groups excluding carboxylic acids is 4. The van der Waals surface area contributed by atoms with Crippen molar-refractivity contribution in [2.24, 2.45) is 0 Å². The molecule has 32 nitrogen and oxygen atoms in total. The van der Waals surface area contributed by atoms with E-state index in [4.69, 9.17) is 0 Å². The molecule has 0 fully saturated rings. The van der Waals surface area contributed by atoms with Crippen LogP contribution in [0.4, 0.5) is 0 Å². The van der Waals surface area contributed by atoms with E-state index < -0.39 is 96.1 Å². The summed E-state index contributed by atoms with van der Waals surface area (Å²) >= 11 is 0. The van der Waals surface area contributed by atoms with Crippen molar-refractivity contribution in [3.8, 4) is 46.0 Å². The van der Waals surface area contributed by atoms with E-state index in [0.717, 1.165) is 0 Å². The van der Waals surface area contributed by atoms with Crippen LogP contribution in [0.1, 0.15) is 92.8 Å². The molecule has 0 aromatic heterocycles. The van der Waals surface area contributed by atoms with Gasteiger partial charge in [-0.15, -0.1) is 0 Å². The maximum absolute atomic E-state index is 11.4. The Hall–Kier alpha value is -10.9. The molecule has 20 N–H and O–H groups in total. The van der Waals surface area contributed by atoms with E-state index in [-0.39, 0.29) is 189 Å². The minimum Gasteiger partial charge on any atom is -0.548 e. The average molecular weight is 1520 g/mol.